The van der Waals surface area contributed by atoms with E-state index in [1.807, 2.05) is 19.9 Å². The Bertz CT molecular complexity index is 2860. The molecule has 8 rings (SSSR count). The fourth-order valence-corrected chi connectivity index (χ4v) is 7.78. The Kier molecular flexibility index (Phi) is 11.1. The Balaban J connectivity index is 1.30. The van der Waals surface area contributed by atoms with E-state index in [1.54, 1.807) is 18.6 Å². The first-order chi connectivity index (χ1) is 29.4. The van der Waals surface area contributed by atoms with Gasteiger partial charge >= 0.3 is 0 Å². The largest absolute Gasteiger partial charge is 0.261 e. The topological polar surface area (TPSA) is 77.3 Å². The van der Waals surface area contributed by atoms with Crippen molar-refractivity contribution in [1.82, 2.24) is 29.9 Å². The zero-order valence-electron chi connectivity index (χ0n) is 38.0. The van der Waals surface area contributed by atoms with E-state index in [-0.39, 0.29) is 16.2 Å². The van der Waals surface area contributed by atoms with Gasteiger partial charge in [-0.25, -0.2) is 19.9 Å². The van der Waals surface area contributed by atoms with E-state index in [9.17, 15) is 0 Å². The van der Waals surface area contributed by atoms with Crippen molar-refractivity contribution in [3.63, 3.8) is 0 Å². The molecule has 0 amide bonds. The van der Waals surface area contributed by atoms with Crippen LogP contribution in [0.1, 0.15) is 90.7 Å². The fourth-order valence-electron chi connectivity index (χ4n) is 7.78. The molecule has 0 saturated heterocycles. The lowest BCUT2D eigenvalue weighted by Gasteiger charge is -2.27. The van der Waals surface area contributed by atoms with Crippen LogP contribution in [-0.2, 0) is 16.2 Å². The minimum absolute atomic E-state index is 0.0141. The van der Waals surface area contributed by atoms with Gasteiger partial charge in [0.2, 0.25) is 0 Å². The molecule has 5 aromatic carbocycles. The summed E-state index contributed by atoms with van der Waals surface area (Å²) >= 11 is 0. The van der Waals surface area contributed by atoms with Gasteiger partial charge in [0.05, 0.1) is 23.3 Å². The molecule has 6 heteroatoms. The highest BCUT2D eigenvalue weighted by Crippen LogP contribution is 2.40. The molecule has 0 aliphatic carbocycles. The van der Waals surface area contributed by atoms with Crippen molar-refractivity contribution >= 4 is 0 Å². The molecule has 0 aliphatic heterocycles. The van der Waals surface area contributed by atoms with Crippen LogP contribution in [0.15, 0.2) is 140 Å². The van der Waals surface area contributed by atoms with E-state index < -0.39 is 0 Å². The average molecular weight is 813 g/mol. The summed E-state index contributed by atoms with van der Waals surface area (Å²) < 4.78 is 0. The lowest BCUT2D eigenvalue weighted by molar-refractivity contribution is 0.569. The highest BCUT2D eigenvalue weighted by atomic mass is 15.0. The molecule has 310 valence electrons. The van der Waals surface area contributed by atoms with Gasteiger partial charge in [-0.05, 0) is 123 Å². The number of benzene rings is 5. The second kappa shape index (κ2) is 16.3. The van der Waals surface area contributed by atoms with Gasteiger partial charge in [0.15, 0.2) is 5.82 Å². The maximum Gasteiger partial charge on any atom is 0.163 e. The number of hydrogen-bond acceptors (Lipinski definition) is 6. The zero-order chi connectivity index (χ0) is 44.0. The summed E-state index contributed by atoms with van der Waals surface area (Å²) in [7, 11) is 0. The lowest BCUT2D eigenvalue weighted by atomic mass is 9.78. The first kappa shape index (κ1) is 42.0. The standard InChI is InChI=1S/C56H56N6/c1-35-59-36(2)61-53(60-35)46-25-44(24-45(26-46)52-34-57-20-21-58-52)51-32-43(31-50(62-51)37-16-13-12-14-17-37)39-19-15-18-38(22-39)40-23-41(28-47(27-40)54(3,4)5)42-29-48(55(6,7)8)33-49(30-42)56(9,10)11/h12-34H,1-11H3. The maximum atomic E-state index is 5.33. The minimum Gasteiger partial charge on any atom is -0.261 e. The smallest absolute Gasteiger partial charge is 0.163 e. The third-order valence-electron chi connectivity index (χ3n) is 11.4. The summed E-state index contributed by atoms with van der Waals surface area (Å²) in [6.07, 6.45) is 5.18. The molecular weight excluding hydrogens is 757 g/mol. The Labute approximate surface area is 367 Å². The fraction of sp³-hybridized carbons (Fsp3) is 0.250. The van der Waals surface area contributed by atoms with Gasteiger partial charge in [-0.2, -0.15) is 0 Å². The van der Waals surface area contributed by atoms with Gasteiger partial charge in [-0.3, -0.25) is 9.97 Å². The Morgan fingerprint density at radius 2 is 0.774 bits per heavy atom. The molecule has 0 unspecified atom stereocenters. The average Bonchev–Trinajstić information content (AvgIpc) is 3.25. The first-order valence-electron chi connectivity index (χ1n) is 21.5. The van der Waals surface area contributed by atoms with Crippen LogP contribution in [-0.4, -0.2) is 29.9 Å². The lowest BCUT2D eigenvalue weighted by Crippen LogP contribution is -2.16. The van der Waals surface area contributed by atoms with Gasteiger partial charge in [0.1, 0.15) is 11.6 Å². The summed E-state index contributed by atoms with van der Waals surface area (Å²) in [6.45, 7) is 24.5. The molecule has 6 nitrogen and oxygen atoms in total. The molecular formula is C56H56N6. The normalized spacial score (nSPS) is 12.1. The van der Waals surface area contributed by atoms with E-state index >= 15 is 0 Å². The summed E-state index contributed by atoms with van der Waals surface area (Å²) in [5, 5.41) is 0. The highest BCUT2D eigenvalue weighted by molar-refractivity contribution is 5.84. The molecule has 8 aromatic rings. The number of nitrogens with zero attached hydrogens (tertiary/aromatic N) is 6. The van der Waals surface area contributed by atoms with Crippen LogP contribution in [0.4, 0.5) is 0 Å². The highest BCUT2D eigenvalue weighted by Gasteiger charge is 2.23. The molecule has 0 atom stereocenters. The number of aryl methyl sites for hydroxylation is 2. The molecule has 0 saturated carbocycles. The van der Waals surface area contributed by atoms with E-state index in [0.717, 1.165) is 56.0 Å². The van der Waals surface area contributed by atoms with Crippen LogP contribution < -0.4 is 0 Å². The van der Waals surface area contributed by atoms with Gasteiger partial charge in [-0.1, -0.05) is 141 Å². The second-order valence-corrected chi connectivity index (χ2v) is 19.6. The monoisotopic (exact) mass is 812 g/mol. The van der Waals surface area contributed by atoms with Crippen LogP contribution >= 0.6 is 0 Å². The molecule has 0 aliphatic rings. The third-order valence-corrected chi connectivity index (χ3v) is 11.4. The van der Waals surface area contributed by atoms with E-state index in [1.165, 1.54) is 33.4 Å². The minimum atomic E-state index is -0.0567. The van der Waals surface area contributed by atoms with Crippen LogP contribution in [0.2, 0.25) is 0 Å². The van der Waals surface area contributed by atoms with Crippen molar-refractivity contribution in [3.05, 3.63) is 168 Å². The van der Waals surface area contributed by atoms with Gasteiger partial charge in [0.25, 0.3) is 0 Å². The van der Waals surface area contributed by atoms with Crippen molar-refractivity contribution in [1.29, 1.82) is 0 Å². The van der Waals surface area contributed by atoms with Gasteiger partial charge in [-0.15, -0.1) is 0 Å². The molecule has 0 N–H and O–H groups in total. The van der Waals surface area contributed by atoms with E-state index in [4.69, 9.17) is 15.0 Å². The molecule has 3 heterocycles. The van der Waals surface area contributed by atoms with E-state index in [0.29, 0.717) is 17.5 Å². The summed E-state index contributed by atoms with van der Waals surface area (Å²) in [4.78, 5) is 28.3. The van der Waals surface area contributed by atoms with Crippen LogP contribution in [0.25, 0.3) is 78.5 Å². The second-order valence-electron chi connectivity index (χ2n) is 19.6. The predicted molar refractivity (Wildman–Crippen MR) is 257 cm³/mol. The van der Waals surface area contributed by atoms with Crippen molar-refractivity contribution in [2.45, 2.75) is 92.4 Å². The Morgan fingerprint density at radius 1 is 0.339 bits per heavy atom. The third kappa shape index (κ3) is 9.30. The number of aromatic nitrogens is 6. The predicted octanol–water partition coefficient (Wildman–Crippen LogP) is 14.2. The van der Waals surface area contributed by atoms with Crippen molar-refractivity contribution in [2.75, 3.05) is 0 Å². The van der Waals surface area contributed by atoms with Gasteiger partial charge < -0.3 is 0 Å². The molecule has 0 radical (unpaired) electrons. The van der Waals surface area contributed by atoms with Crippen molar-refractivity contribution < 1.29 is 0 Å². The Hall–Kier alpha value is -6.66. The quantitative estimate of drug-likeness (QED) is 0.159. The molecule has 0 fully saturated rings. The Morgan fingerprint density at radius 3 is 1.32 bits per heavy atom. The SMILES string of the molecule is Cc1nc(C)nc(-c2cc(-c3cnccn3)cc(-c3cc(-c4cccc(-c5cc(-c6cc(C(C)(C)C)cc(C(C)(C)C)c6)cc(C(C)(C)C)c5)c4)cc(-c4ccccc4)n3)c2)n1. The van der Waals surface area contributed by atoms with Crippen LogP contribution in [0.5, 0.6) is 0 Å². The van der Waals surface area contributed by atoms with Crippen LogP contribution in [0, 0.1) is 13.8 Å². The summed E-state index contributed by atoms with van der Waals surface area (Å²) in [5.74, 6) is 1.93. The summed E-state index contributed by atoms with van der Waals surface area (Å²) in [5.41, 5.74) is 17.1. The first-order valence-corrected chi connectivity index (χ1v) is 21.5. The van der Waals surface area contributed by atoms with Crippen molar-refractivity contribution in [2.24, 2.45) is 0 Å². The molecule has 0 bridgehead atoms. The number of rotatable bonds is 7. The van der Waals surface area contributed by atoms with Gasteiger partial charge in [0, 0.05) is 34.6 Å². The van der Waals surface area contributed by atoms with Crippen molar-refractivity contribution in [3.8, 4) is 78.5 Å². The van der Waals surface area contributed by atoms with E-state index in [2.05, 4.69) is 193 Å². The maximum absolute atomic E-state index is 5.33. The number of hydrogen-bond donors (Lipinski definition) is 0. The molecule has 3 aromatic heterocycles. The number of pyridine rings is 1. The van der Waals surface area contributed by atoms with Crippen LogP contribution in [0.3, 0.4) is 0 Å². The molecule has 0 spiro atoms. The zero-order valence-corrected chi connectivity index (χ0v) is 38.0. The molecule has 62 heavy (non-hydrogen) atoms. The summed E-state index contributed by atoms with van der Waals surface area (Å²) in [6, 6.07) is 44.4.